The average Bonchev–Trinajstić information content (AvgIpc) is 2.45. The molecule has 0 saturated heterocycles. The van der Waals surface area contributed by atoms with E-state index in [0.717, 1.165) is 12.0 Å². The van der Waals surface area contributed by atoms with E-state index in [1.54, 1.807) is 26.0 Å². The smallest absolute Gasteiger partial charge is 0.240 e. The molecule has 4 N–H and O–H groups in total. The molecule has 1 aromatic carbocycles. The van der Waals surface area contributed by atoms with Gasteiger partial charge < -0.3 is 11.1 Å². The molecule has 1 atom stereocenters. The fourth-order valence-corrected chi connectivity index (χ4v) is 3.12. The van der Waals surface area contributed by atoms with Gasteiger partial charge in [0.05, 0.1) is 10.4 Å². The Bertz CT molecular complexity index is 601. The first-order valence-electron chi connectivity index (χ1n) is 7.38. The van der Waals surface area contributed by atoms with Crippen molar-refractivity contribution in [3.05, 3.63) is 29.8 Å². The first kappa shape index (κ1) is 21.9. The summed E-state index contributed by atoms with van der Waals surface area (Å²) in [5.41, 5.74) is 5.88. The van der Waals surface area contributed by atoms with Gasteiger partial charge in [-0.25, -0.2) is 13.1 Å². The van der Waals surface area contributed by atoms with Crippen LogP contribution in [0.15, 0.2) is 29.2 Å². The monoisotopic (exact) mass is 363 g/mol. The van der Waals surface area contributed by atoms with Crippen molar-refractivity contribution in [1.29, 1.82) is 0 Å². The Balaban J connectivity index is 0.00000484. The van der Waals surface area contributed by atoms with Crippen LogP contribution in [-0.2, 0) is 21.4 Å². The second-order valence-electron chi connectivity index (χ2n) is 5.50. The molecule has 0 aliphatic rings. The minimum Gasteiger partial charge on any atom is -0.350 e. The van der Waals surface area contributed by atoms with Gasteiger partial charge in [-0.05, 0) is 31.0 Å². The first-order chi connectivity index (χ1) is 10.2. The number of benzene rings is 1. The summed E-state index contributed by atoms with van der Waals surface area (Å²) in [5.74, 6) is -0.210. The molecule has 0 radical (unpaired) electrons. The predicted octanol–water partition coefficient (Wildman–Crippen LogP) is 1.54. The van der Waals surface area contributed by atoms with E-state index in [-0.39, 0.29) is 23.2 Å². The van der Waals surface area contributed by atoms with Crippen molar-refractivity contribution < 1.29 is 13.2 Å². The minimum absolute atomic E-state index is 0. The number of carbonyl (C=O) groups is 1. The van der Waals surface area contributed by atoms with Crippen molar-refractivity contribution in [2.75, 3.05) is 6.54 Å². The molecule has 1 unspecified atom stereocenters. The minimum atomic E-state index is -3.45. The maximum Gasteiger partial charge on any atom is 0.240 e. The van der Waals surface area contributed by atoms with E-state index >= 15 is 0 Å². The standard InChI is InChI=1S/C15H25N3O3S.ClH/c1-4-10-15(3,16)14(19)17-11-12-6-8-13(9-7-12)22(20,21)18-5-2;/h6-9,18H,4-5,10-11,16H2,1-3H3,(H,17,19);1H. The summed E-state index contributed by atoms with van der Waals surface area (Å²) < 4.78 is 26.1. The van der Waals surface area contributed by atoms with Gasteiger partial charge in [0.25, 0.3) is 0 Å². The summed E-state index contributed by atoms with van der Waals surface area (Å²) in [4.78, 5) is 12.2. The Hall–Kier alpha value is -1.15. The number of hydrogen-bond acceptors (Lipinski definition) is 4. The van der Waals surface area contributed by atoms with Gasteiger partial charge in [0.1, 0.15) is 0 Å². The van der Waals surface area contributed by atoms with E-state index < -0.39 is 15.6 Å². The molecule has 0 aliphatic carbocycles. The van der Waals surface area contributed by atoms with Crippen LogP contribution in [0, 0.1) is 0 Å². The molecular formula is C15H26ClN3O3S. The molecule has 0 fully saturated rings. The van der Waals surface area contributed by atoms with Crippen molar-refractivity contribution in [3.63, 3.8) is 0 Å². The van der Waals surface area contributed by atoms with E-state index in [0.29, 0.717) is 19.5 Å². The van der Waals surface area contributed by atoms with E-state index in [4.69, 9.17) is 5.73 Å². The quantitative estimate of drug-likeness (QED) is 0.652. The highest BCUT2D eigenvalue weighted by Crippen LogP contribution is 2.12. The largest absolute Gasteiger partial charge is 0.350 e. The molecule has 8 heteroatoms. The Morgan fingerprint density at radius 2 is 1.78 bits per heavy atom. The van der Waals surface area contributed by atoms with Gasteiger partial charge in [-0.1, -0.05) is 32.4 Å². The summed E-state index contributed by atoms with van der Waals surface area (Å²) in [5, 5.41) is 2.78. The van der Waals surface area contributed by atoms with Crippen LogP contribution in [0.2, 0.25) is 0 Å². The third kappa shape index (κ3) is 6.47. The highest BCUT2D eigenvalue weighted by atomic mass is 35.5. The lowest BCUT2D eigenvalue weighted by Crippen LogP contribution is -2.51. The van der Waals surface area contributed by atoms with Crippen LogP contribution in [-0.4, -0.2) is 26.4 Å². The van der Waals surface area contributed by atoms with E-state index in [9.17, 15) is 13.2 Å². The van der Waals surface area contributed by atoms with Crippen molar-refractivity contribution in [1.82, 2.24) is 10.0 Å². The van der Waals surface area contributed by atoms with Gasteiger partial charge in [0.15, 0.2) is 0 Å². The molecule has 6 nitrogen and oxygen atoms in total. The lowest BCUT2D eigenvalue weighted by molar-refractivity contribution is -0.126. The van der Waals surface area contributed by atoms with Crippen LogP contribution in [0.25, 0.3) is 0 Å². The van der Waals surface area contributed by atoms with Gasteiger partial charge in [-0.3, -0.25) is 4.79 Å². The summed E-state index contributed by atoms with van der Waals surface area (Å²) in [6.45, 7) is 6.06. The zero-order chi connectivity index (χ0) is 16.8. The van der Waals surface area contributed by atoms with Gasteiger partial charge >= 0.3 is 0 Å². The molecule has 1 rings (SSSR count). The number of carbonyl (C=O) groups excluding carboxylic acids is 1. The lowest BCUT2D eigenvalue weighted by Gasteiger charge is -2.22. The number of hydrogen-bond donors (Lipinski definition) is 3. The zero-order valence-corrected chi connectivity index (χ0v) is 15.4. The number of sulfonamides is 1. The molecule has 0 aromatic heterocycles. The molecule has 0 aliphatic heterocycles. The van der Waals surface area contributed by atoms with Crippen molar-refractivity contribution in [3.8, 4) is 0 Å². The molecule has 0 bridgehead atoms. The first-order valence-corrected chi connectivity index (χ1v) is 8.87. The maximum absolute atomic E-state index is 12.0. The normalized spacial score (nSPS) is 13.7. The second-order valence-corrected chi connectivity index (χ2v) is 7.26. The maximum atomic E-state index is 12.0. The van der Waals surface area contributed by atoms with Crippen LogP contribution in [0.3, 0.4) is 0 Å². The van der Waals surface area contributed by atoms with Crippen LogP contribution >= 0.6 is 12.4 Å². The molecule has 0 saturated carbocycles. The summed E-state index contributed by atoms with van der Waals surface area (Å²) in [6.07, 6.45) is 1.44. The van der Waals surface area contributed by atoms with Gasteiger partial charge in [-0.15, -0.1) is 12.4 Å². The van der Waals surface area contributed by atoms with E-state index in [1.807, 2.05) is 6.92 Å². The van der Waals surface area contributed by atoms with Crippen LogP contribution in [0.1, 0.15) is 39.2 Å². The Morgan fingerprint density at radius 3 is 2.26 bits per heavy atom. The molecule has 0 heterocycles. The van der Waals surface area contributed by atoms with Gasteiger partial charge in [0, 0.05) is 13.1 Å². The van der Waals surface area contributed by atoms with Crippen molar-refractivity contribution in [2.24, 2.45) is 5.73 Å². The summed E-state index contributed by atoms with van der Waals surface area (Å²) in [7, 11) is -3.45. The number of amides is 1. The van der Waals surface area contributed by atoms with Crippen molar-refractivity contribution >= 4 is 28.3 Å². The van der Waals surface area contributed by atoms with Gasteiger partial charge in [0.2, 0.25) is 15.9 Å². The predicted molar refractivity (Wildman–Crippen MR) is 93.9 cm³/mol. The van der Waals surface area contributed by atoms with Crippen molar-refractivity contribution in [2.45, 2.75) is 50.6 Å². The lowest BCUT2D eigenvalue weighted by atomic mass is 9.96. The second kappa shape index (κ2) is 9.22. The van der Waals surface area contributed by atoms with Crippen LogP contribution < -0.4 is 15.8 Å². The van der Waals surface area contributed by atoms with E-state index in [2.05, 4.69) is 10.0 Å². The number of rotatable bonds is 8. The third-order valence-electron chi connectivity index (χ3n) is 3.31. The number of nitrogens with one attached hydrogen (secondary N) is 2. The SMILES string of the molecule is CCCC(C)(N)C(=O)NCc1ccc(S(=O)(=O)NCC)cc1.Cl. The zero-order valence-electron chi connectivity index (χ0n) is 13.8. The third-order valence-corrected chi connectivity index (χ3v) is 4.87. The molecule has 23 heavy (non-hydrogen) atoms. The fraction of sp³-hybridized carbons (Fsp3) is 0.533. The Labute approximate surface area is 144 Å². The average molecular weight is 364 g/mol. The fourth-order valence-electron chi connectivity index (χ4n) is 2.08. The highest BCUT2D eigenvalue weighted by molar-refractivity contribution is 7.89. The Kier molecular flexibility index (Phi) is 8.76. The molecule has 1 amide bonds. The topological polar surface area (TPSA) is 101 Å². The molecule has 1 aromatic rings. The molecule has 132 valence electrons. The number of nitrogens with two attached hydrogens (primary N) is 1. The summed E-state index contributed by atoms with van der Waals surface area (Å²) >= 11 is 0. The van der Waals surface area contributed by atoms with Crippen LogP contribution in [0.5, 0.6) is 0 Å². The summed E-state index contributed by atoms with van der Waals surface area (Å²) in [6, 6.07) is 6.40. The highest BCUT2D eigenvalue weighted by Gasteiger charge is 2.26. The Morgan fingerprint density at radius 1 is 1.22 bits per heavy atom. The van der Waals surface area contributed by atoms with E-state index in [1.165, 1.54) is 12.1 Å². The van der Waals surface area contributed by atoms with Crippen LogP contribution in [0.4, 0.5) is 0 Å². The number of halogens is 1. The van der Waals surface area contributed by atoms with Gasteiger partial charge in [-0.2, -0.15) is 0 Å². The molecule has 0 spiro atoms. The molecular weight excluding hydrogens is 338 g/mol.